The van der Waals surface area contributed by atoms with Gasteiger partial charge in [0.25, 0.3) is 5.88 Å². The Labute approximate surface area is 144 Å². The summed E-state index contributed by atoms with van der Waals surface area (Å²) < 4.78 is 6.05. The molecule has 0 saturated carbocycles. The van der Waals surface area contributed by atoms with Crippen LogP contribution >= 0.6 is 0 Å². The van der Waals surface area contributed by atoms with Crippen molar-refractivity contribution in [2.75, 3.05) is 32.1 Å². The molecule has 1 N–H and O–H groups in total. The minimum absolute atomic E-state index is 0.00368. The van der Waals surface area contributed by atoms with Crippen LogP contribution in [0.3, 0.4) is 0 Å². The number of urea groups is 1. The van der Waals surface area contributed by atoms with Crippen LogP contribution in [0.25, 0.3) is 0 Å². The van der Waals surface area contributed by atoms with Gasteiger partial charge in [0.1, 0.15) is 6.10 Å². The van der Waals surface area contributed by atoms with E-state index in [0.29, 0.717) is 18.2 Å². The fourth-order valence-electron chi connectivity index (χ4n) is 2.84. The lowest BCUT2D eigenvalue weighted by atomic mass is 10.1. The molecule has 1 atom stereocenters. The molecule has 1 aromatic heterocycles. The third kappa shape index (κ3) is 4.72. The van der Waals surface area contributed by atoms with Gasteiger partial charge in [-0.05, 0) is 25.7 Å². The second kappa shape index (κ2) is 8.70. The second-order valence-electron chi connectivity index (χ2n) is 6.37. The third-order valence-electron chi connectivity index (χ3n) is 4.33. The number of nitrogens with one attached hydrogen (secondary N) is 1. The van der Waals surface area contributed by atoms with E-state index in [2.05, 4.69) is 29.1 Å². The molecule has 1 aromatic rings. The Morgan fingerprint density at radius 3 is 2.75 bits per heavy atom. The van der Waals surface area contributed by atoms with E-state index in [-0.39, 0.29) is 18.2 Å². The zero-order valence-electron chi connectivity index (χ0n) is 15.2. The molecule has 0 radical (unpaired) electrons. The summed E-state index contributed by atoms with van der Waals surface area (Å²) in [7, 11) is 3.82. The topological polar surface area (TPSA) is 70.6 Å². The quantitative estimate of drug-likeness (QED) is 0.863. The maximum Gasteiger partial charge on any atom is 0.317 e. The van der Waals surface area contributed by atoms with Crippen molar-refractivity contribution in [1.29, 1.82) is 0 Å². The highest BCUT2D eigenvalue weighted by Crippen LogP contribution is 2.24. The Balaban J connectivity index is 1.97. The van der Waals surface area contributed by atoms with Crippen molar-refractivity contribution in [3.8, 4) is 5.88 Å². The summed E-state index contributed by atoms with van der Waals surface area (Å²) in [4.78, 5) is 24.7. The molecule has 0 aromatic carbocycles. The average Bonchev–Trinajstić information content (AvgIpc) is 2.60. The molecular weight excluding hydrogens is 306 g/mol. The zero-order valence-corrected chi connectivity index (χ0v) is 15.2. The Bertz CT molecular complexity index is 533. The van der Waals surface area contributed by atoms with Gasteiger partial charge in [-0.3, -0.25) is 0 Å². The van der Waals surface area contributed by atoms with Crippen molar-refractivity contribution in [3.63, 3.8) is 0 Å². The van der Waals surface area contributed by atoms with Gasteiger partial charge in [0.05, 0.1) is 6.54 Å². The van der Waals surface area contributed by atoms with Crippen molar-refractivity contribution in [2.24, 2.45) is 0 Å². The number of likely N-dealkylation sites (tertiary alicyclic amines) is 1. The fraction of sp³-hybridized carbons (Fsp3) is 0.706. The van der Waals surface area contributed by atoms with Gasteiger partial charge in [-0.2, -0.15) is 0 Å². The first kappa shape index (κ1) is 18.3. The number of hydrogen-bond acceptors (Lipinski definition) is 5. The van der Waals surface area contributed by atoms with Crippen molar-refractivity contribution in [1.82, 2.24) is 20.2 Å². The average molecular weight is 335 g/mol. The molecule has 0 spiro atoms. The van der Waals surface area contributed by atoms with E-state index in [1.54, 1.807) is 12.4 Å². The standard InChI is InChI=1S/C17H29N5O2/c1-5-13(6-2)20-17(23)22-11-7-8-14(12-22)24-16-15(21(3)4)18-9-10-19-16/h9-10,13-14H,5-8,11-12H2,1-4H3,(H,20,23). The number of ether oxygens (including phenoxy) is 1. The van der Waals surface area contributed by atoms with Crippen LogP contribution in [0, 0.1) is 0 Å². The molecule has 7 nitrogen and oxygen atoms in total. The smallest absolute Gasteiger partial charge is 0.317 e. The SMILES string of the molecule is CCC(CC)NC(=O)N1CCCC(Oc2nccnc2N(C)C)C1. The zero-order chi connectivity index (χ0) is 17.5. The molecule has 2 heterocycles. The van der Waals surface area contributed by atoms with E-state index >= 15 is 0 Å². The van der Waals surface area contributed by atoms with E-state index in [9.17, 15) is 4.79 Å². The summed E-state index contributed by atoms with van der Waals surface area (Å²) in [6.45, 7) is 5.53. The molecule has 1 unspecified atom stereocenters. The van der Waals surface area contributed by atoms with E-state index in [4.69, 9.17) is 4.74 Å². The van der Waals surface area contributed by atoms with Gasteiger partial charge < -0.3 is 19.9 Å². The van der Waals surface area contributed by atoms with Gasteiger partial charge in [-0.15, -0.1) is 0 Å². The van der Waals surface area contributed by atoms with Crippen LogP contribution in [0.4, 0.5) is 10.6 Å². The minimum Gasteiger partial charge on any atom is -0.470 e. The number of hydrogen-bond donors (Lipinski definition) is 1. The minimum atomic E-state index is -0.0541. The Morgan fingerprint density at radius 1 is 1.38 bits per heavy atom. The number of anilines is 1. The normalized spacial score (nSPS) is 17.7. The first-order valence-corrected chi connectivity index (χ1v) is 8.75. The molecule has 1 aliphatic rings. The molecule has 0 bridgehead atoms. The molecule has 0 aliphatic carbocycles. The molecule has 1 fully saturated rings. The third-order valence-corrected chi connectivity index (χ3v) is 4.33. The number of rotatable bonds is 6. The lowest BCUT2D eigenvalue weighted by molar-refractivity contribution is 0.0966. The molecule has 2 amide bonds. The second-order valence-corrected chi connectivity index (χ2v) is 6.37. The summed E-state index contributed by atoms with van der Waals surface area (Å²) in [5, 5.41) is 3.10. The molecule has 2 rings (SSSR count). The van der Waals surface area contributed by atoms with Crippen LogP contribution in [-0.4, -0.2) is 60.2 Å². The Kier molecular flexibility index (Phi) is 6.63. The molecule has 1 aliphatic heterocycles. The fourth-order valence-corrected chi connectivity index (χ4v) is 2.84. The van der Waals surface area contributed by atoms with Gasteiger partial charge in [0, 0.05) is 39.1 Å². The lowest BCUT2D eigenvalue weighted by Crippen LogP contribution is -2.50. The van der Waals surface area contributed by atoms with Gasteiger partial charge in [0.2, 0.25) is 0 Å². The number of amides is 2. The highest BCUT2D eigenvalue weighted by atomic mass is 16.5. The number of carbonyl (C=O) groups excluding carboxylic acids is 1. The van der Waals surface area contributed by atoms with E-state index in [1.807, 2.05) is 23.9 Å². The van der Waals surface area contributed by atoms with Crippen LogP contribution < -0.4 is 15.0 Å². The van der Waals surface area contributed by atoms with Crippen LogP contribution in [0.1, 0.15) is 39.5 Å². The van der Waals surface area contributed by atoms with E-state index in [1.165, 1.54) is 0 Å². The summed E-state index contributed by atoms with van der Waals surface area (Å²) in [5.74, 6) is 1.23. The van der Waals surface area contributed by atoms with Crippen molar-refractivity contribution < 1.29 is 9.53 Å². The van der Waals surface area contributed by atoms with E-state index in [0.717, 1.165) is 32.2 Å². The van der Waals surface area contributed by atoms with Crippen molar-refractivity contribution in [2.45, 2.75) is 51.7 Å². The highest BCUT2D eigenvalue weighted by molar-refractivity contribution is 5.74. The summed E-state index contributed by atoms with van der Waals surface area (Å²) in [6.07, 6.45) is 6.96. The Hall–Kier alpha value is -2.05. The van der Waals surface area contributed by atoms with Crippen LogP contribution in [0.15, 0.2) is 12.4 Å². The predicted octanol–water partition coefficient (Wildman–Crippen LogP) is 2.28. The van der Waals surface area contributed by atoms with Crippen LogP contribution in [0.5, 0.6) is 5.88 Å². The maximum absolute atomic E-state index is 12.4. The first-order chi connectivity index (χ1) is 11.5. The molecule has 7 heteroatoms. The molecule has 1 saturated heterocycles. The Morgan fingerprint density at radius 2 is 2.08 bits per heavy atom. The summed E-state index contributed by atoms with van der Waals surface area (Å²) >= 11 is 0. The summed E-state index contributed by atoms with van der Waals surface area (Å²) in [5.41, 5.74) is 0. The molecular formula is C17H29N5O2. The number of piperidine rings is 1. The van der Waals surface area contributed by atoms with Gasteiger partial charge in [0.15, 0.2) is 5.82 Å². The monoisotopic (exact) mass is 335 g/mol. The maximum atomic E-state index is 12.4. The largest absolute Gasteiger partial charge is 0.470 e. The van der Waals surface area contributed by atoms with Crippen LogP contribution in [0.2, 0.25) is 0 Å². The van der Waals surface area contributed by atoms with Crippen molar-refractivity contribution >= 4 is 11.8 Å². The van der Waals surface area contributed by atoms with Crippen molar-refractivity contribution in [3.05, 3.63) is 12.4 Å². The van der Waals surface area contributed by atoms with E-state index < -0.39 is 0 Å². The number of aromatic nitrogens is 2. The summed E-state index contributed by atoms with van der Waals surface area (Å²) in [6, 6.07) is 0.239. The van der Waals surface area contributed by atoms with Gasteiger partial charge >= 0.3 is 6.03 Å². The van der Waals surface area contributed by atoms with Gasteiger partial charge in [-0.25, -0.2) is 14.8 Å². The number of nitrogens with zero attached hydrogens (tertiary/aromatic N) is 4. The first-order valence-electron chi connectivity index (χ1n) is 8.75. The highest BCUT2D eigenvalue weighted by Gasteiger charge is 2.27. The van der Waals surface area contributed by atoms with Gasteiger partial charge in [-0.1, -0.05) is 13.8 Å². The molecule has 24 heavy (non-hydrogen) atoms. The number of carbonyl (C=O) groups is 1. The van der Waals surface area contributed by atoms with Crippen LogP contribution in [-0.2, 0) is 0 Å². The predicted molar refractivity (Wildman–Crippen MR) is 94.5 cm³/mol. The molecule has 134 valence electrons. The lowest BCUT2D eigenvalue weighted by Gasteiger charge is -2.34.